The molecule has 1 atom stereocenters. The molecule has 1 saturated heterocycles. The Morgan fingerprint density at radius 2 is 2.15 bits per heavy atom. The van der Waals surface area contributed by atoms with Gasteiger partial charge in [0.1, 0.15) is 0 Å². The largest absolute Gasteiger partial charge is 0.481 e. The first-order chi connectivity index (χ1) is 9.40. The molecule has 0 aromatic heterocycles. The molecular formula is C14H17ClN2O3. The SMILES string of the molecule is CC1(C(=O)O)CCN(CC(=O)Nc2ccccc2Cl)C1. The van der Waals surface area contributed by atoms with Gasteiger partial charge < -0.3 is 10.4 Å². The number of hydrogen-bond acceptors (Lipinski definition) is 3. The van der Waals surface area contributed by atoms with Crippen molar-refractivity contribution in [3.63, 3.8) is 0 Å². The van der Waals surface area contributed by atoms with E-state index >= 15 is 0 Å². The van der Waals surface area contributed by atoms with Crippen LogP contribution in [0.2, 0.25) is 5.02 Å². The Bertz CT molecular complexity index is 535. The van der Waals surface area contributed by atoms with Crippen LogP contribution >= 0.6 is 11.6 Å². The zero-order valence-electron chi connectivity index (χ0n) is 11.2. The summed E-state index contributed by atoms with van der Waals surface area (Å²) in [5.74, 6) is -1.00. The first-order valence-corrected chi connectivity index (χ1v) is 6.79. The lowest BCUT2D eigenvalue weighted by molar-refractivity contribution is -0.147. The number of carbonyl (C=O) groups excluding carboxylic acids is 1. The fraction of sp³-hybridized carbons (Fsp3) is 0.429. The number of nitrogens with one attached hydrogen (secondary N) is 1. The third-order valence-corrected chi connectivity index (χ3v) is 3.91. The second kappa shape index (κ2) is 5.81. The molecule has 1 heterocycles. The predicted molar refractivity (Wildman–Crippen MR) is 76.9 cm³/mol. The summed E-state index contributed by atoms with van der Waals surface area (Å²) in [6.45, 7) is 2.88. The fourth-order valence-electron chi connectivity index (χ4n) is 2.32. The van der Waals surface area contributed by atoms with Crippen molar-refractivity contribution in [3.05, 3.63) is 29.3 Å². The number of benzene rings is 1. The number of carboxylic acids is 1. The average Bonchev–Trinajstić information content (AvgIpc) is 2.75. The highest BCUT2D eigenvalue weighted by Crippen LogP contribution is 2.30. The molecule has 2 rings (SSSR count). The Labute approximate surface area is 122 Å². The first-order valence-electron chi connectivity index (χ1n) is 6.41. The zero-order chi connectivity index (χ0) is 14.8. The van der Waals surface area contributed by atoms with Crippen LogP contribution in [-0.2, 0) is 9.59 Å². The van der Waals surface area contributed by atoms with Crippen molar-refractivity contribution in [2.75, 3.05) is 25.0 Å². The van der Waals surface area contributed by atoms with E-state index in [2.05, 4.69) is 5.32 Å². The van der Waals surface area contributed by atoms with Crippen LogP contribution in [0.15, 0.2) is 24.3 Å². The van der Waals surface area contributed by atoms with Crippen molar-refractivity contribution in [1.29, 1.82) is 0 Å². The summed E-state index contributed by atoms with van der Waals surface area (Å²) in [4.78, 5) is 24.9. The third kappa shape index (κ3) is 3.29. The molecule has 0 radical (unpaired) electrons. The molecule has 1 aliphatic heterocycles. The van der Waals surface area contributed by atoms with Gasteiger partial charge in [-0.05, 0) is 32.0 Å². The molecule has 0 aliphatic carbocycles. The number of hydrogen-bond donors (Lipinski definition) is 2. The quantitative estimate of drug-likeness (QED) is 0.892. The molecule has 6 heteroatoms. The van der Waals surface area contributed by atoms with Crippen molar-refractivity contribution in [2.24, 2.45) is 5.41 Å². The van der Waals surface area contributed by atoms with Gasteiger partial charge in [-0.2, -0.15) is 0 Å². The Hall–Kier alpha value is -1.59. The van der Waals surface area contributed by atoms with E-state index < -0.39 is 11.4 Å². The van der Waals surface area contributed by atoms with E-state index in [9.17, 15) is 9.59 Å². The van der Waals surface area contributed by atoms with Gasteiger partial charge in [-0.1, -0.05) is 23.7 Å². The van der Waals surface area contributed by atoms with E-state index in [4.69, 9.17) is 16.7 Å². The number of nitrogens with zero attached hydrogens (tertiary/aromatic N) is 1. The first kappa shape index (κ1) is 14.8. The molecule has 1 unspecified atom stereocenters. The molecule has 0 spiro atoms. The lowest BCUT2D eigenvalue weighted by Crippen LogP contribution is -2.35. The van der Waals surface area contributed by atoms with Crippen molar-refractivity contribution in [3.8, 4) is 0 Å². The highest BCUT2D eigenvalue weighted by atomic mass is 35.5. The molecule has 20 heavy (non-hydrogen) atoms. The number of anilines is 1. The number of aliphatic carboxylic acids is 1. The molecule has 1 aliphatic rings. The van der Waals surface area contributed by atoms with Crippen LogP contribution in [0.3, 0.4) is 0 Å². The molecule has 2 N–H and O–H groups in total. The van der Waals surface area contributed by atoms with Gasteiger partial charge >= 0.3 is 5.97 Å². The van der Waals surface area contributed by atoms with E-state index in [1.54, 1.807) is 31.2 Å². The lowest BCUT2D eigenvalue weighted by Gasteiger charge is -2.19. The lowest BCUT2D eigenvalue weighted by atomic mass is 9.90. The van der Waals surface area contributed by atoms with E-state index in [0.717, 1.165) is 0 Å². The molecule has 1 amide bonds. The Morgan fingerprint density at radius 1 is 1.45 bits per heavy atom. The fourth-order valence-corrected chi connectivity index (χ4v) is 2.50. The van der Waals surface area contributed by atoms with Crippen molar-refractivity contribution >= 4 is 29.2 Å². The highest BCUT2D eigenvalue weighted by Gasteiger charge is 2.40. The molecule has 1 aromatic rings. The zero-order valence-corrected chi connectivity index (χ0v) is 12.0. The van der Waals surface area contributed by atoms with Crippen LogP contribution in [-0.4, -0.2) is 41.5 Å². The van der Waals surface area contributed by atoms with Gasteiger partial charge in [0.15, 0.2) is 0 Å². The van der Waals surface area contributed by atoms with E-state index in [0.29, 0.717) is 30.2 Å². The smallest absolute Gasteiger partial charge is 0.310 e. The summed E-state index contributed by atoms with van der Waals surface area (Å²) < 4.78 is 0. The van der Waals surface area contributed by atoms with Crippen molar-refractivity contribution < 1.29 is 14.7 Å². The molecule has 0 saturated carbocycles. The Kier molecular flexibility index (Phi) is 4.30. The van der Waals surface area contributed by atoms with Crippen LogP contribution in [0.4, 0.5) is 5.69 Å². The summed E-state index contributed by atoms with van der Waals surface area (Å²) in [5.41, 5.74) is -0.190. The Balaban J connectivity index is 1.91. The van der Waals surface area contributed by atoms with E-state index in [1.807, 2.05) is 4.90 Å². The maximum Gasteiger partial charge on any atom is 0.310 e. The van der Waals surface area contributed by atoms with Gasteiger partial charge in [0, 0.05) is 6.54 Å². The summed E-state index contributed by atoms with van der Waals surface area (Å²) in [6, 6.07) is 7.01. The minimum absolute atomic E-state index is 0.175. The third-order valence-electron chi connectivity index (χ3n) is 3.58. The van der Waals surface area contributed by atoms with Crippen LogP contribution in [0.1, 0.15) is 13.3 Å². The second-order valence-corrected chi connectivity index (χ2v) is 5.76. The van der Waals surface area contributed by atoms with Crippen LogP contribution in [0.5, 0.6) is 0 Å². The van der Waals surface area contributed by atoms with Gasteiger partial charge in [-0.15, -0.1) is 0 Å². The molecule has 1 aromatic carbocycles. The molecular weight excluding hydrogens is 280 g/mol. The van der Waals surface area contributed by atoms with Crippen LogP contribution in [0.25, 0.3) is 0 Å². The summed E-state index contributed by atoms with van der Waals surface area (Å²) in [6.07, 6.45) is 0.557. The maximum atomic E-state index is 11.9. The number of halogens is 1. The Morgan fingerprint density at radius 3 is 2.75 bits per heavy atom. The maximum absolute atomic E-state index is 11.9. The van der Waals surface area contributed by atoms with Crippen LogP contribution in [0, 0.1) is 5.41 Å². The number of carbonyl (C=O) groups is 2. The van der Waals surface area contributed by atoms with Crippen molar-refractivity contribution in [1.82, 2.24) is 4.90 Å². The topological polar surface area (TPSA) is 69.6 Å². The van der Waals surface area contributed by atoms with E-state index in [1.165, 1.54) is 0 Å². The van der Waals surface area contributed by atoms with Gasteiger partial charge in [0.05, 0.1) is 22.7 Å². The monoisotopic (exact) mass is 296 g/mol. The van der Waals surface area contributed by atoms with Gasteiger partial charge in [0.2, 0.25) is 5.91 Å². The number of carboxylic acid groups (broad SMARTS) is 1. The van der Waals surface area contributed by atoms with Crippen molar-refractivity contribution in [2.45, 2.75) is 13.3 Å². The number of para-hydroxylation sites is 1. The highest BCUT2D eigenvalue weighted by molar-refractivity contribution is 6.33. The minimum Gasteiger partial charge on any atom is -0.481 e. The van der Waals surface area contributed by atoms with Gasteiger partial charge in [-0.3, -0.25) is 14.5 Å². The molecule has 108 valence electrons. The molecule has 1 fully saturated rings. The van der Waals surface area contributed by atoms with E-state index in [-0.39, 0.29) is 12.5 Å². The predicted octanol–water partition coefficient (Wildman–Crippen LogP) is 2.08. The van der Waals surface area contributed by atoms with Gasteiger partial charge in [0.25, 0.3) is 0 Å². The molecule has 5 nitrogen and oxygen atoms in total. The average molecular weight is 297 g/mol. The number of likely N-dealkylation sites (tertiary alicyclic amines) is 1. The minimum atomic E-state index is -0.813. The normalized spacial score (nSPS) is 22.7. The summed E-state index contributed by atoms with van der Waals surface area (Å²) in [7, 11) is 0. The summed E-state index contributed by atoms with van der Waals surface area (Å²) >= 11 is 5.97. The van der Waals surface area contributed by atoms with Gasteiger partial charge in [-0.25, -0.2) is 0 Å². The standard InChI is InChI=1S/C14H17ClN2O3/c1-14(13(19)20)6-7-17(9-14)8-12(18)16-11-5-3-2-4-10(11)15/h2-5H,6-9H2,1H3,(H,16,18)(H,19,20). The number of rotatable bonds is 4. The summed E-state index contributed by atoms with van der Waals surface area (Å²) in [5, 5.41) is 12.4. The number of amides is 1. The molecule has 0 bridgehead atoms. The van der Waals surface area contributed by atoms with Crippen LogP contribution < -0.4 is 5.32 Å². The second-order valence-electron chi connectivity index (χ2n) is 5.35.